The Labute approximate surface area is 101 Å². The number of aromatic amines is 1. The summed E-state index contributed by atoms with van der Waals surface area (Å²) >= 11 is 0. The van der Waals surface area contributed by atoms with Gasteiger partial charge in [-0.2, -0.15) is 0 Å². The second-order valence-electron chi connectivity index (χ2n) is 5.12. The van der Waals surface area contributed by atoms with Gasteiger partial charge in [-0.3, -0.25) is 4.90 Å². The first kappa shape index (κ1) is 9.68. The van der Waals surface area contributed by atoms with Crippen molar-refractivity contribution in [2.75, 3.05) is 26.2 Å². The Balaban J connectivity index is 1.87. The van der Waals surface area contributed by atoms with Crippen molar-refractivity contribution in [1.29, 1.82) is 0 Å². The summed E-state index contributed by atoms with van der Waals surface area (Å²) in [6, 6.07) is 7.48. The molecule has 0 bridgehead atoms. The molecule has 88 valence electrons. The second-order valence-corrected chi connectivity index (χ2v) is 5.12. The Morgan fingerprint density at radius 3 is 3.24 bits per heavy atom. The maximum absolute atomic E-state index is 3.51. The summed E-state index contributed by atoms with van der Waals surface area (Å²) in [6.45, 7) is 4.64. The Morgan fingerprint density at radius 1 is 1.24 bits per heavy atom. The van der Waals surface area contributed by atoms with Crippen LogP contribution in [-0.4, -0.2) is 36.1 Å². The van der Waals surface area contributed by atoms with Gasteiger partial charge in [0.1, 0.15) is 0 Å². The van der Waals surface area contributed by atoms with Crippen LogP contribution in [0.15, 0.2) is 24.4 Å². The van der Waals surface area contributed by atoms with Crippen LogP contribution in [0.1, 0.15) is 17.2 Å². The van der Waals surface area contributed by atoms with Crippen LogP contribution in [-0.2, 0) is 6.42 Å². The topological polar surface area (TPSA) is 31.1 Å². The van der Waals surface area contributed by atoms with Gasteiger partial charge in [0.05, 0.1) is 0 Å². The average Bonchev–Trinajstić information content (AvgIpc) is 2.83. The van der Waals surface area contributed by atoms with Crippen molar-refractivity contribution in [2.24, 2.45) is 0 Å². The molecule has 1 saturated heterocycles. The molecule has 1 atom stereocenters. The molecule has 3 heteroatoms. The quantitative estimate of drug-likeness (QED) is 0.717. The van der Waals surface area contributed by atoms with Gasteiger partial charge in [-0.15, -0.1) is 0 Å². The maximum Gasteiger partial charge on any atom is 0.0476 e. The van der Waals surface area contributed by atoms with E-state index in [2.05, 4.69) is 33.4 Å². The summed E-state index contributed by atoms with van der Waals surface area (Å²) < 4.78 is 0. The highest BCUT2D eigenvalue weighted by Gasteiger charge is 2.29. The molecule has 0 amide bonds. The number of fused-ring (bicyclic) bond motifs is 4. The van der Waals surface area contributed by atoms with E-state index in [4.69, 9.17) is 0 Å². The molecule has 2 aliphatic heterocycles. The van der Waals surface area contributed by atoms with E-state index in [0.717, 1.165) is 13.1 Å². The second kappa shape index (κ2) is 3.59. The largest absolute Gasteiger partial charge is 0.361 e. The van der Waals surface area contributed by atoms with Gasteiger partial charge in [0.15, 0.2) is 0 Å². The lowest BCUT2D eigenvalue weighted by molar-refractivity contribution is 0.152. The summed E-state index contributed by atoms with van der Waals surface area (Å²) in [5, 5.41) is 4.86. The standard InChI is InChI=1S/C14H17N3/c1-3-16-13-8-12-10(7-11(1)13)2-5-17-6-4-15-9-14(12)17/h1,3,7-8,14-16H,2,4-6,9H2. The Kier molecular flexibility index (Phi) is 2.04. The summed E-state index contributed by atoms with van der Waals surface area (Å²) in [4.78, 5) is 5.94. The zero-order valence-electron chi connectivity index (χ0n) is 9.87. The fourth-order valence-electron chi connectivity index (χ4n) is 3.28. The highest BCUT2D eigenvalue weighted by molar-refractivity contribution is 5.81. The third-order valence-electron chi connectivity index (χ3n) is 4.19. The van der Waals surface area contributed by atoms with Crippen LogP contribution in [0.2, 0.25) is 0 Å². The molecule has 3 heterocycles. The first-order chi connectivity index (χ1) is 8.42. The van der Waals surface area contributed by atoms with Crippen molar-refractivity contribution < 1.29 is 0 Å². The molecule has 0 aliphatic carbocycles. The number of H-pyrrole nitrogens is 1. The third kappa shape index (κ3) is 1.43. The zero-order valence-corrected chi connectivity index (χ0v) is 9.87. The van der Waals surface area contributed by atoms with E-state index in [0.29, 0.717) is 6.04 Å². The van der Waals surface area contributed by atoms with E-state index in [-0.39, 0.29) is 0 Å². The fourth-order valence-corrected chi connectivity index (χ4v) is 3.28. The minimum atomic E-state index is 0.584. The van der Waals surface area contributed by atoms with Crippen molar-refractivity contribution in [1.82, 2.24) is 15.2 Å². The van der Waals surface area contributed by atoms with Crippen LogP contribution in [0.4, 0.5) is 0 Å². The monoisotopic (exact) mass is 227 g/mol. The van der Waals surface area contributed by atoms with Crippen molar-refractivity contribution >= 4 is 10.9 Å². The summed E-state index contributed by atoms with van der Waals surface area (Å²) in [6.07, 6.45) is 3.24. The van der Waals surface area contributed by atoms with Crippen LogP contribution >= 0.6 is 0 Å². The van der Waals surface area contributed by atoms with Crippen LogP contribution < -0.4 is 5.32 Å². The van der Waals surface area contributed by atoms with Gasteiger partial charge < -0.3 is 10.3 Å². The van der Waals surface area contributed by atoms with Crippen molar-refractivity contribution in [2.45, 2.75) is 12.5 Å². The van der Waals surface area contributed by atoms with Crippen LogP contribution in [0.25, 0.3) is 10.9 Å². The molecule has 0 spiro atoms. The maximum atomic E-state index is 3.51. The molecule has 4 rings (SSSR count). The molecular weight excluding hydrogens is 210 g/mol. The van der Waals surface area contributed by atoms with E-state index < -0.39 is 0 Å². The molecule has 2 aliphatic rings. The number of rotatable bonds is 0. The molecule has 2 aromatic rings. The highest BCUT2D eigenvalue weighted by atomic mass is 15.2. The number of benzene rings is 1. The van der Waals surface area contributed by atoms with Gasteiger partial charge in [-0.05, 0) is 41.1 Å². The lowest BCUT2D eigenvalue weighted by Gasteiger charge is -2.40. The first-order valence-electron chi connectivity index (χ1n) is 6.46. The lowest BCUT2D eigenvalue weighted by Crippen LogP contribution is -2.48. The minimum absolute atomic E-state index is 0.584. The number of nitrogens with zero attached hydrogens (tertiary/aromatic N) is 1. The predicted octanol–water partition coefficient (Wildman–Crippen LogP) is 1.67. The number of hydrogen-bond acceptors (Lipinski definition) is 2. The summed E-state index contributed by atoms with van der Waals surface area (Å²) in [5.41, 5.74) is 4.34. The molecule has 17 heavy (non-hydrogen) atoms. The molecular formula is C14H17N3. The number of nitrogens with one attached hydrogen (secondary N) is 2. The van der Waals surface area contributed by atoms with E-state index in [1.54, 1.807) is 5.56 Å². The van der Waals surface area contributed by atoms with Gasteiger partial charge in [-0.1, -0.05) is 0 Å². The normalized spacial score (nSPS) is 24.6. The minimum Gasteiger partial charge on any atom is -0.361 e. The number of aromatic nitrogens is 1. The summed E-state index contributed by atoms with van der Waals surface area (Å²) in [5.74, 6) is 0. The molecule has 1 aromatic carbocycles. The average molecular weight is 227 g/mol. The molecule has 2 N–H and O–H groups in total. The van der Waals surface area contributed by atoms with E-state index in [1.165, 1.54) is 36.0 Å². The Morgan fingerprint density at radius 2 is 2.24 bits per heavy atom. The predicted molar refractivity (Wildman–Crippen MR) is 69.2 cm³/mol. The first-order valence-corrected chi connectivity index (χ1v) is 6.46. The van der Waals surface area contributed by atoms with Gasteiger partial charge in [0.2, 0.25) is 0 Å². The van der Waals surface area contributed by atoms with Crippen molar-refractivity contribution in [3.8, 4) is 0 Å². The van der Waals surface area contributed by atoms with E-state index >= 15 is 0 Å². The molecule has 1 unspecified atom stereocenters. The molecule has 3 nitrogen and oxygen atoms in total. The van der Waals surface area contributed by atoms with E-state index in [1.807, 2.05) is 6.20 Å². The van der Waals surface area contributed by atoms with Crippen LogP contribution in [0, 0.1) is 0 Å². The van der Waals surface area contributed by atoms with Crippen LogP contribution in [0.3, 0.4) is 0 Å². The van der Waals surface area contributed by atoms with Gasteiger partial charge in [0.25, 0.3) is 0 Å². The van der Waals surface area contributed by atoms with Crippen molar-refractivity contribution in [3.63, 3.8) is 0 Å². The van der Waals surface area contributed by atoms with Crippen molar-refractivity contribution in [3.05, 3.63) is 35.5 Å². The zero-order chi connectivity index (χ0) is 11.2. The Hall–Kier alpha value is -1.32. The SMILES string of the molecule is c1cc2cc3c(cc2[nH]1)C1CNCCN1CC3. The summed E-state index contributed by atoms with van der Waals surface area (Å²) in [7, 11) is 0. The molecule has 0 radical (unpaired) electrons. The third-order valence-corrected chi connectivity index (χ3v) is 4.19. The van der Waals surface area contributed by atoms with Gasteiger partial charge in [-0.25, -0.2) is 0 Å². The van der Waals surface area contributed by atoms with Gasteiger partial charge >= 0.3 is 0 Å². The fraction of sp³-hybridized carbons (Fsp3) is 0.429. The number of piperazine rings is 1. The lowest BCUT2D eigenvalue weighted by atomic mass is 9.90. The number of hydrogen-bond donors (Lipinski definition) is 2. The highest BCUT2D eigenvalue weighted by Crippen LogP contribution is 2.33. The van der Waals surface area contributed by atoms with E-state index in [9.17, 15) is 0 Å². The van der Waals surface area contributed by atoms with Crippen LogP contribution in [0.5, 0.6) is 0 Å². The molecule has 1 fully saturated rings. The Bertz CT molecular complexity index is 558. The smallest absolute Gasteiger partial charge is 0.0476 e. The van der Waals surface area contributed by atoms with Gasteiger partial charge in [0, 0.05) is 43.9 Å². The molecule has 0 saturated carbocycles. The molecule has 1 aromatic heterocycles.